The van der Waals surface area contributed by atoms with Gasteiger partial charge < -0.3 is 10.3 Å². The van der Waals surface area contributed by atoms with Gasteiger partial charge in [-0.15, -0.1) is 0 Å². The summed E-state index contributed by atoms with van der Waals surface area (Å²) in [4.78, 5) is 3.83. The van der Waals surface area contributed by atoms with Gasteiger partial charge in [0.05, 0.1) is 0 Å². The van der Waals surface area contributed by atoms with Crippen molar-refractivity contribution in [3.8, 4) is 0 Å². The van der Waals surface area contributed by atoms with Gasteiger partial charge in [-0.25, -0.2) is 0 Å². The van der Waals surface area contributed by atoms with E-state index in [9.17, 15) is 13.2 Å². The molecule has 0 spiro atoms. The van der Waals surface area contributed by atoms with Gasteiger partial charge in [-0.05, 0) is 13.0 Å². The number of halogens is 3. The summed E-state index contributed by atoms with van der Waals surface area (Å²) in [7, 11) is 0. The van der Waals surface area contributed by atoms with Crippen LogP contribution in [0.15, 0.2) is 4.99 Å². The van der Waals surface area contributed by atoms with E-state index in [0.717, 1.165) is 0 Å². The molecule has 0 aliphatic heterocycles. The molecule has 0 fully saturated rings. The first kappa shape index (κ1) is 15.2. The van der Waals surface area contributed by atoms with E-state index in [2.05, 4.69) is 10.3 Å². The zero-order valence-corrected chi connectivity index (χ0v) is 8.69. The number of rotatable bonds is 2. The van der Waals surface area contributed by atoms with Crippen LogP contribution in [0, 0.1) is 0 Å². The SMILES string of the molecule is CC(=NC(C)C)[N-]CC(F)(F)F.[Co]. The average Bonchev–Trinajstić information content (AvgIpc) is 1.80. The Labute approximate surface area is 86.2 Å². The molecule has 0 amide bonds. The van der Waals surface area contributed by atoms with Gasteiger partial charge in [0, 0.05) is 23.3 Å². The van der Waals surface area contributed by atoms with Crippen LogP contribution in [0.1, 0.15) is 20.8 Å². The Morgan fingerprint density at radius 3 is 2.15 bits per heavy atom. The third-order valence-electron chi connectivity index (χ3n) is 0.932. The van der Waals surface area contributed by atoms with Gasteiger partial charge in [-0.3, -0.25) is 0 Å². The number of hydrogen-bond donors (Lipinski definition) is 0. The molecule has 13 heavy (non-hydrogen) atoms. The van der Waals surface area contributed by atoms with Crippen LogP contribution >= 0.6 is 0 Å². The van der Waals surface area contributed by atoms with Crippen LogP contribution in [0.4, 0.5) is 13.2 Å². The first-order valence-corrected chi connectivity index (χ1v) is 3.60. The zero-order chi connectivity index (χ0) is 9.78. The molecule has 0 bridgehead atoms. The molecule has 6 heteroatoms. The van der Waals surface area contributed by atoms with Gasteiger partial charge in [-0.2, -0.15) is 13.2 Å². The Bertz CT molecular complexity index is 166. The Kier molecular flexibility index (Phi) is 7.34. The molecule has 0 aromatic heterocycles. The van der Waals surface area contributed by atoms with Crippen molar-refractivity contribution in [1.82, 2.24) is 0 Å². The number of alkyl halides is 3. The minimum Gasteiger partial charge on any atom is -0.467 e. The second-order valence-corrected chi connectivity index (χ2v) is 2.70. The molecule has 1 radical (unpaired) electrons. The molecule has 81 valence electrons. The first-order valence-electron chi connectivity index (χ1n) is 3.60. The van der Waals surface area contributed by atoms with E-state index in [-0.39, 0.29) is 28.7 Å². The van der Waals surface area contributed by atoms with Gasteiger partial charge >= 0.3 is 6.18 Å². The summed E-state index contributed by atoms with van der Waals surface area (Å²) in [5, 5.41) is 3.26. The fourth-order valence-corrected chi connectivity index (χ4v) is 0.619. The molecule has 0 aromatic carbocycles. The van der Waals surface area contributed by atoms with Crippen LogP contribution in [0.2, 0.25) is 0 Å². The summed E-state index contributed by atoms with van der Waals surface area (Å²) in [5.41, 5.74) is 0. The van der Waals surface area contributed by atoms with E-state index < -0.39 is 12.7 Å². The maximum Gasteiger partial charge on any atom is 0.388 e. The van der Waals surface area contributed by atoms with Crippen molar-refractivity contribution >= 4 is 5.84 Å². The summed E-state index contributed by atoms with van der Waals surface area (Å²) in [6, 6.07) is -0.0121. The smallest absolute Gasteiger partial charge is 0.388 e. The monoisotopic (exact) mass is 240 g/mol. The maximum atomic E-state index is 11.6. The molecule has 0 rings (SSSR count). The number of hydrogen-bond acceptors (Lipinski definition) is 1. The zero-order valence-electron chi connectivity index (χ0n) is 7.65. The fraction of sp³-hybridized carbons (Fsp3) is 0.857. The summed E-state index contributed by atoms with van der Waals surface area (Å²) in [6.45, 7) is 3.89. The molecular formula is C7H12CoF3N2-. The summed E-state index contributed by atoms with van der Waals surface area (Å²) >= 11 is 0. The van der Waals surface area contributed by atoms with Crippen LogP contribution in [-0.4, -0.2) is 24.6 Å². The van der Waals surface area contributed by atoms with Crippen LogP contribution in [-0.2, 0) is 16.8 Å². The van der Waals surface area contributed by atoms with Crippen molar-refractivity contribution in [2.75, 3.05) is 6.54 Å². The molecule has 0 atom stereocenters. The third-order valence-corrected chi connectivity index (χ3v) is 0.932. The summed E-state index contributed by atoms with van der Waals surface area (Å²) in [6.07, 6.45) is -4.23. The van der Waals surface area contributed by atoms with Crippen molar-refractivity contribution in [3.63, 3.8) is 0 Å². The van der Waals surface area contributed by atoms with Gasteiger partial charge in [0.15, 0.2) is 0 Å². The fourth-order valence-electron chi connectivity index (χ4n) is 0.619. The van der Waals surface area contributed by atoms with E-state index in [0.29, 0.717) is 0 Å². The molecule has 0 aliphatic carbocycles. The standard InChI is InChI=1S/C7H12F3N2.Co/c1-5(2)12-6(3)11-4-7(8,9)10;/h5H,4H2,1-3H3;/q-1;. The van der Waals surface area contributed by atoms with Gasteiger partial charge in [0.2, 0.25) is 0 Å². The molecule has 0 heterocycles. The predicted octanol–water partition coefficient (Wildman–Crippen LogP) is 2.75. The minimum absolute atomic E-state index is 0. The van der Waals surface area contributed by atoms with Crippen molar-refractivity contribution in [1.29, 1.82) is 0 Å². The van der Waals surface area contributed by atoms with E-state index in [1.807, 2.05) is 0 Å². The molecule has 0 saturated heterocycles. The van der Waals surface area contributed by atoms with Crippen LogP contribution in [0.5, 0.6) is 0 Å². The summed E-state index contributed by atoms with van der Waals surface area (Å²) < 4.78 is 34.8. The third kappa shape index (κ3) is 11.8. The number of aliphatic imine (C=N–C) groups is 1. The topological polar surface area (TPSA) is 26.5 Å². The predicted molar refractivity (Wildman–Crippen MR) is 42.5 cm³/mol. The maximum absolute atomic E-state index is 11.6. The van der Waals surface area contributed by atoms with Gasteiger partial charge in [-0.1, -0.05) is 19.7 Å². The molecule has 0 saturated carbocycles. The Balaban J connectivity index is 0. The van der Waals surface area contributed by atoms with Crippen LogP contribution in [0.3, 0.4) is 0 Å². The van der Waals surface area contributed by atoms with Gasteiger partial charge in [0.1, 0.15) is 0 Å². The summed E-state index contributed by atoms with van der Waals surface area (Å²) in [5.74, 6) is 0.197. The minimum atomic E-state index is -4.23. The average molecular weight is 240 g/mol. The Hall–Kier alpha value is -0.234. The molecule has 0 N–H and O–H groups in total. The number of amidine groups is 1. The van der Waals surface area contributed by atoms with E-state index in [4.69, 9.17) is 0 Å². The molecule has 0 unspecified atom stereocenters. The van der Waals surface area contributed by atoms with E-state index in [1.165, 1.54) is 6.92 Å². The van der Waals surface area contributed by atoms with Crippen molar-refractivity contribution < 1.29 is 30.0 Å². The van der Waals surface area contributed by atoms with E-state index in [1.54, 1.807) is 13.8 Å². The molecular weight excluding hydrogens is 228 g/mol. The molecule has 2 nitrogen and oxygen atoms in total. The van der Waals surface area contributed by atoms with E-state index >= 15 is 0 Å². The second kappa shape index (κ2) is 6.26. The Morgan fingerprint density at radius 1 is 1.38 bits per heavy atom. The molecule has 0 aromatic rings. The van der Waals surface area contributed by atoms with Crippen molar-refractivity contribution in [2.24, 2.45) is 4.99 Å². The van der Waals surface area contributed by atoms with Crippen molar-refractivity contribution in [3.05, 3.63) is 5.32 Å². The normalized spacial score (nSPS) is 12.7. The van der Waals surface area contributed by atoms with Gasteiger partial charge in [0.25, 0.3) is 0 Å². The van der Waals surface area contributed by atoms with Crippen LogP contribution < -0.4 is 0 Å². The quantitative estimate of drug-likeness (QED) is 0.524. The van der Waals surface area contributed by atoms with Crippen LogP contribution in [0.25, 0.3) is 5.32 Å². The largest absolute Gasteiger partial charge is 0.467 e. The molecule has 0 aliphatic rings. The second-order valence-electron chi connectivity index (χ2n) is 2.70. The Morgan fingerprint density at radius 2 is 1.85 bits per heavy atom. The number of nitrogens with zero attached hydrogens (tertiary/aromatic N) is 2. The first-order chi connectivity index (χ1) is 5.31. The van der Waals surface area contributed by atoms with Crippen molar-refractivity contribution in [2.45, 2.75) is 33.0 Å².